The maximum absolute atomic E-state index is 12.6. The van der Waals surface area contributed by atoms with Gasteiger partial charge in [0.05, 0.1) is 6.61 Å². The van der Waals surface area contributed by atoms with E-state index in [0.29, 0.717) is 26.1 Å². The molecule has 0 aromatic heterocycles. The van der Waals surface area contributed by atoms with Crippen LogP contribution in [0.5, 0.6) is 0 Å². The van der Waals surface area contributed by atoms with Crippen LogP contribution in [-0.2, 0) is 23.8 Å². The Morgan fingerprint density at radius 3 is 1.27 bits per heavy atom. The molecule has 0 saturated carbocycles. The normalized spacial score (nSPS) is 12.1. The Kier molecular flexibility index (Phi) is 38.9. The van der Waals surface area contributed by atoms with E-state index >= 15 is 0 Å². The van der Waals surface area contributed by atoms with Gasteiger partial charge < -0.3 is 14.2 Å². The van der Waals surface area contributed by atoms with Crippen LogP contribution in [0.2, 0.25) is 0 Å². The number of carbonyl (C=O) groups excluding carboxylic acids is 2. The van der Waals surface area contributed by atoms with Crippen LogP contribution in [-0.4, -0.2) is 37.9 Å². The van der Waals surface area contributed by atoms with Crippen LogP contribution in [0.4, 0.5) is 0 Å². The first-order valence-corrected chi connectivity index (χ1v) is 21.2. The minimum Gasteiger partial charge on any atom is -0.462 e. The third kappa shape index (κ3) is 37.5. The zero-order valence-corrected chi connectivity index (χ0v) is 32.5. The van der Waals surface area contributed by atoms with Crippen molar-refractivity contribution < 1.29 is 23.8 Å². The summed E-state index contributed by atoms with van der Waals surface area (Å²) in [4.78, 5) is 25.0. The third-order valence-corrected chi connectivity index (χ3v) is 9.30. The molecule has 0 spiro atoms. The molecule has 1 atom stereocenters. The van der Waals surface area contributed by atoms with Crippen molar-refractivity contribution in [1.29, 1.82) is 0 Å². The van der Waals surface area contributed by atoms with Crippen molar-refractivity contribution in [3.05, 3.63) is 12.2 Å². The predicted molar refractivity (Wildman–Crippen MR) is 206 cm³/mol. The lowest BCUT2D eigenvalue weighted by Crippen LogP contribution is -2.30. The molecule has 0 saturated heterocycles. The van der Waals surface area contributed by atoms with Gasteiger partial charge in [-0.25, -0.2) is 0 Å². The van der Waals surface area contributed by atoms with E-state index in [2.05, 4.69) is 32.9 Å². The minimum atomic E-state index is -0.525. The van der Waals surface area contributed by atoms with Crippen molar-refractivity contribution in [2.45, 2.75) is 232 Å². The van der Waals surface area contributed by atoms with E-state index in [9.17, 15) is 9.59 Å². The highest BCUT2D eigenvalue weighted by Gasteiger charge is 2.17. The van der Waals surface area contributed by atoms with E-state index in [4.69, 9.17) is 14.2 Å². The summed E-state index contributed by atoms with van der Waals surface area (Å²) in [5, 5.41) is 0. The number of hydrogen-bond acceptors (Lipinski definition) is 5. The molecule has 5 heteroatoms. The first-order chi connectivity index (χ1) is 23.6. The van der Waals surface area contributed by atoms with Gasteiger partial charge in [-0.1, -0.05) is 181 Å². The molecule has 284 valence electrons. The average Bonchev–Trinajstić information content (AvgIpc) is 3.08. The summed E-state index contributed by atoms with van der Waals surface area (Å²) in [6, 6.07) is 0. The highest BCUT2D eigenvalue weighted by atomic mass is 16.6. The van der Waals surface area contributed by atoms with E-state index < -0.39 is 6.10 Å². The molecule has 1 unspecified atom stereocenters. The fraction of sp³-hybridized carbons (Fsp3) is 0.907. The van der Waals surface area contributed by atoms with Gasteiger partial charge in [0.2, 0.25) is 0 Å². The largest absolute Gasteiger partial charge is 0.462 e. The molecule has 0 aromatic rings. The van der Waals surface area contributed by atoms with Gasteiger partial charge in [-0.3, -0.25) is 9.59 Å². The summed E-state index contributed by atoms with van der Waals surface area (Å²) >= 11 is 0. The van der Waals surface area contributed by atoms with Gasteiger partial charge in [-0.15, -0.1) is 0 Å². The van der Waals surface area contributed by atoms with E-state index in [0.717, 1.165) is 44.9 Å². The van der Waals surface area contributed by atoms with Crippen molar-refractivity contribution in [1.82, 2.24) is 0 Å². The fourth-order valence-corrected chi connectivity index (χ4v) is 6.09. The van der Waals surface area contributed by atoms with Crippen LogP contribution in [0.15, 0.2) is 12.2 Å². The molecule has 0 aliphatic rings. The molecule has 0 bridgehead atoms. The molecular weight excluding hydrogens is 596 g/mol. The van der Waals surface area contributed by atoms with Crippen LogP contribution < -0.4 is 0 Å². The number of rotatable bonds is 39. The maximum atomic E-state index is 12.6. The molecule has 5 nitrogen and oxygen atoms in total. The van der Waals surface area contributed by atoms with Crippen molar-refractivity contribution in [2.24, 2.45) is 0 Å². The second-order valence-electron chi connectivity index (χ2n) is 14.3. The van der Waals surface area contributed by atoms with Crippen molar-refractivity contribution in [3.8, 4) is 0 Å². The Morgan fingerprint density at radius 1 is 0.438 bits per heavy atom. The molecule has 0 heterocycles. The molecule has 0 aliphatic heterocycles. The van der Waals surface area contributed by atoms with Crippen LogP contribution in [0, 0.1) is 0 Å². The van der Waals surface area contributed by atoms with Gasteiger partial charge in [-0.05, 0) is 44.9 Å². The predicted octanol–water partition coefficient (Wildman–Crippen LogP) is 13.6. The van der Waals surface area contributed by atoms with Gasteiger partial charge in [0.15, 0.2) is 6.10 Å². The number of allylic oxidation sites excluding steroid dienone is 2. The SMILES string of the molecule is CCCCCCCC/C=C\CCCCCCCC(=O)OCC(COCCCCCCCCCCCC)OC(=O)CCCCCCCCC. The number of esters is 2. The Balaban J connectivity index is 4.13. The highest BCUT2D eigenvalue weighted by Crippen LogP contribution is 2.13. The summed E-state index contributed by atoms with van der Waals surface area (Å²) in [5.74, 6) is -0.403. The second kappa shape index (κ2) is 40.1. The Hall–Kier alpha value is -1.36. The monoisotopic (exact) mass is 679 g/mol. The van der Waals surface area contributed by atoms with Gasteiger partial charge in [0.1, 0.15) is 6.61 Å². The van der Waals surface area contributed by atoms with E-state index in [1.54, 1.807) is 0 Å². The minimum absolute atomic E-state index is 0.0880. The summed E-state index contributed by atoms with van der Waals surface area (Å²) < 4.78 is 17.2. The maximum Gasteiger partial charge on any atom is 0.306 e. The molecule has 0 fully saturated rings. The number of ether oxygens (including phenoxy) is 3. The zero-order valence-electron chi connectivity index (χ0n) is 32.5. The second-order valence-corrected chi connectivity index (χ2v) is 14.3. The Bertz CT molecular complexity index is 691. The highest BCUT2D eigenvalue weighted by molar-refractivity contribution is 5.70. The number of carbonyl (C=O) groups is 2. The molecule has 0 N–H and O–H groups in total. The van der Waals surface area contributed by atoms with E-state index in [1.807, 2.05) is 0 Å². The first-order valence-electron chi connectivity index (χ1n) is 21.2. The molecule has 0 aromatic carbocycles. The van der Waals surface area contributed by atoms with Crippen LogP contribution >= 0.6 is 0 Å². The lowest BCUT2D eigenvalue weighted by atomic mass is 10.1. The quantitative estimate of drug-likeness (QED) is 0.0368. The summed E-state index contributed by atoms with van der Waals surface area (Å²) in [5.41, 5.74) is 0. The van der Waals surface area contributed by atoms with Crippen LogP contribution in [0.1, 0.15) is 226 Å². The van der Waals surface area contributed by atoms with Crippen molar-refractivity contribution >= 4 is 11.9 Å². The third-order valence-electron chi connectivity index (χ3n) is 9.30. The lowest BCUT2D eigenvalue weighted by Gasteiger charge is -2.18. The molecule has 0 radical (unpaired) electrons. The van der Waals surface area contributed by atoms with Crippen LogP contribution in [0.25, 0.3) is 0 Å². The fourth-order valence-electron chi connectivity index (χ4n) is 6.09. The Labute approximate surface area is 299 Å². The summed E-state index contributed by atoms with van der Waals surface area (Å²) in [7, 11) is 0. The number of hydrogen-bond donors (Lipinski definition) is 0. The van der Waals surface area contributed by atoms with Gasteiger partial charge in [0.25, 0.3) is 0 Å². The molecule has 48 heavy (non-hydrogen) atoms. The zero-order chi connectivity index (χ0) is 35.0. The lowest BCUT2D eigenvalue weighted by molar-refractivity contribution is -0.163. The summed E-state index contributed by atoms with van der Waals surface area (Å²) in [6.45, 7) is 7.80. The van der Waals surface area contributed by atoms with E-state index in [1.165, 1.54) is 148 Å². The smallest absolute Gasteiger partial charge is 0.306 e. The van der Waals surface area contributed by atoms with Gasteiger partial charge in [-0.2, -0.15) is 0 Å². The standard InChI is InChI=1S/C43H82O5/c1-4-7-10-13-16-18-20-21-22-23-24-25-28-30-33-36-42(44)47-40-41(48-43(45)37-34-31-27-15-12-9-6-3)39-46-38-35-32-29-26-19-17-14-11-8-5-2/h21-22,41H,4-20,23-40H2,1-3H3/b22-21-. The number of unbranched alkanes of at least 4 members (excludes halogenated alkanes) is 26. The van der Waals surface area contributed by atoms with Gasteiger partial charge >= 0.3 is 11.9 Å². The van der Waals surface area contributed by atoms with Crippen molar-refractivity contribution in [3.63, 3.8) is 0 Å². The summed E-state index contributed by atoms with van der Waals surface area (Å²) in [6.07, 6.45) is 42.1. The topological polar surface area (TPSA) is 61.8 Å². The Morgan fingerprint density at radius 2 is 0.812 bits per heavy atom. The first kappa shape index (κ1) is 46.6. The van der Waals surface area contributed by atoms with Gasteiger partial charge in [0, 0.05) is 19.4 Å². The van der Waals surface area contributed by atoms with Crippen molar-refractivity contribution in [2.75, 3.05) is 19.8 Å². The molecule has 0 rings (SSSR count). The molecule has 0 aliphatic carbocycles. The van der Waals surface area contributed by atoms with E-state index in [-0.39, 0.29) is 18.5 Å². The molecular formula is C43H82O5. The van der Waals surface area contributed by atoms with Crippen LogP contribution in [0.3, 0.4) is 0 Å². The average molecular weight is 679 g/mol. The molecule has 0 amide bonds.